The molecule has 2 rings (SSSR count). The van der Waals surface area contributed by atoms with Gasteiger partial charge in [0.05, 0.1) is 0 Å². The zero-order chi connectivity index (χ0) is 12.6. The average molecular weight is 252 g/mol. The van der Waals surface area contributed by atoms with Gasteiger partial charge in [-0.2, -0.15) is 0 Å². The van der Waals surface area contributed by atoms with Crippen LogP contribution in [0.1, 0.15) is 12.8 Å². The second-order valence-corrected chi connectivity index (χ2v) is 6.92. The van der Waals surface area contributed by atoms with Gasteiger partial charge in [-0.25, -0.2) is 8.42 Å². The number of rotatable bonds is 2. The van der Waals surface area contributed by atoms with Crippen LogP contribution in [0.4, 0.5) is 0 Å². The van der Waals surface area contributed by atoms with Gasteiger partial charge >= 0.3 is 0 Å². The van der Waals surface area contributed by atoms with Crippen LogP contribution < -0.4 is 11.5 Å². The fourth-order valence-corrected chi connectivity index (χ4v) is 3.84. The minimum Gasteiger partial charge on any atom is -0.309 e. The van der Waals surface area contributed by atoms with Crippen molar-refractivity contribution in [3.63, 3.8) is 0 Å². The number of allylic oxidation sites excluding steroid dienone is 4. The van der Waals surface area contributed by atoms with E-state index in [2.05, 4.69) is 0 Å². The van der Waals surface area contributed by atoms with Gasteiger partial charge in [-0.3, -0.25) is 0 Å². The maximum absolute atomic E-state index is 12.6. The number of nitrogens with two attached hydrogens (primary N) is 2. The second-order valence-electron chi connectivity index (χ2n) is 4.40. The molecule has 2 aliphatic rings. The van der Waals surface area contributed by atoms with Crippen molar-refractivity contribution in [1.82, 2.24) is 0 Å². The van der Waals surface area contributed by atoms with Gasteiger partial charge in [0.25, 0.3) is 0 Å². The van der Waals surface area contributed by atoms with Crippen LogP contribution in [0.3, 0.4) is 0 Å². The Kier molecular flexibility index (Phi) is 2.85. The van der Waals surface area contributed by atoms with Crippen LogP contribution in [0.5, 0.6) is 0 Å². The van der Waals surface area contributed by atoms with E-state index in [-0.39, 0.29) is 12.8 Å². The van der Waals surface area contributed by atoms with E-state index in [9.17, 15) is 8.42 Å². The fraction of sp³-hybridized carbons (Fsp3) is 0.333. The lowest BCUT2D eigenvalue weighted by Gasteiger charge is -2.36. The molecule has 5 heteroatoms. The highest BCUT2D eigenvalue weighted by molar-refractivity contribution is 7.94. The van der Waals surface area contributed by atoms with Crippen molar-refractivity contribution in [3.05, 3.63) is 48.6 Å². The van der Waals surface area contributed by atoms with E-state index in [0.29, 0.717) is 0 Å². The predicted octanol–water partition coefficient (Wildman–Crippen LogP) is 0.743. The average Bonchev–Trinajstić information content (AvgIpc) is 2.30. The van der Waals surface area contributed by atoms with Crippen molar-refractivity contribution in [2.75, 3.05) is 0 Å². The topological polar surface area (TPSA) is 86.2 Å². The van der Waals surface area contributed by atoms with Gasteiger partial charge in [0, 0.05) is 12.8 Å². The third kappa shape index (κ3) is 1.80. The van der Waals surface area contributed by atoms with Crippen LogP contribution in [0.25, 0.3) is 0 Å². The van der Waals surface area contributed by atoms with E-state index in [0.717, 1.165) is 0 Å². The third-order valence-electron chi connectivity index (χ3n) is 3.13. The van der Waals surface area contributed by atoms with E-state index in [1.807, 2.05) is 0 Å². The van der Waals surface area contributed by atoms with Gasteiger partial charge in [0.15, 0.2) is 9.84 Å². The maximum Gasteiger partial charge on any atom is 0.195 e. The Morgan fingerprint density at radius 3 is 1.53 bits per heavy atom. The molecule has 0 bridgehead atoms. The fourth-order valence-electron chi connectivity index (χ4n) is 1.99. The molecule has 0 fully saturated rings. The van der Waals surface area contributed by atoms with Crippen molar-refractivity contribution in [2.24, 2.45) is 11.5 Å². The van der Waals surface area contributed by atoms with Gasteiger partial charge in [-0.05, 0) is 12.2 Å². The molecule has 2 aliphatic carbocycles. The van der Waals surface area contributed by atoms with Crippen LogP contribution in [0.2, 0.25) is 0 Å². The molecular formula is C12H16N2O2S. The minimum absolute atomic E-state index is 0.252. The Labute approximate surface area is 101 Å². The molecule has 2 unspecified atom stereocenters. The molecule has 4 N–H and O–H groups in total. The Morgan fingerprint density at radius 1 is 0.824 bits per heavy atom. The molecule has 0 aromatic heterocycles. The summed E-state index contributed by atoms with van der Waals surface area (Å²) in [5.41, 5.74) is 12.0. The third-order valence-corrected chi connectivity index (χ3v) is 5.73. The summed E-state index contributed by atoms with van der Waals surface area (Å²) in [7, 11) is -3.70. The number of sulfone groups is 1. The van der Waals surface area contributed by atoms with Crippen molar-refractivity contribution >= 4 is 9.84 Å². The SMILES string of the molecule is NC1(S(=O)(=O)C2(N)C=CC=CC2)C=CC=CC1. The highest BCUT2D eigenvalue weighted by Gasteiger charge is 2.49. The standard InChI is InChI=1S/C12H16N2O2S/c13-11(7-3-1-4-8-11)17(15,16)12(14)9-5-2-6-10-12/h1-7,9H,8,10,13-14H2. The Balaban J connectivity index is 2.43. The van der Waals surface area contributed by atoms with Crippen LogP contribution in [0.15, 0.2) is 48.6 Å². The van der Waals surface area contributed by atoms with E-state index in [4.69, 9.17) is 11.5 Å². The molecule has 0 radical (unpaired) electrons. The Morgan fingerprint density at radius 2 is 1.24 bits per heavy atom. The van der Waals surface area contributed by atoms with Gasteiger partial charge < -0.3 is 11.5 Å². The van der Waals surface area contributed by atoms with Crippen molar-refractivity contribution in [2.45, 2.75) is 22.6 Å². The maximum atomic E-state index is 12.6. The molecule has 0 aromatic rings. The summed E-state index contributed by atoms with van der Waals surface area (Å²) >= 11 is 0. The highest BCUT2D eigenvalue weighted by atomic mass is 32.2. The normalized spacial score (nSPS) is 36.4. The summed E-state index contributed by atoms with van der Waals surface area (Å²) in [5, 5.41) is 0. The first-order chi connectivity index (χ1) is 7.91. The predicted molar refractivity (Wildman–Crippen MR) is 68.6 cm³/mol. The van der Waals surface area contributed by atoms with Gasteiger partial charge in [-0.15, -0.1) is 0 Å². The smallest absolute Gasteiger partial charge is 0.195 e. The summed E-state index contributed by atoms with van der Waals surface area (Å²) in [5.74, 6) is 0. The molecule has 0 amide bonds. The van der Waals surface area contributed by atoms with Crippen LogP contribution in [0, 0.1) is 0 Å². The zero-order valence-electron chi connectivity index (χ0n) is 9.41. The molecule has 0 saturated heterocycles. The van der Waals surface area contributed by atoms with E-state index < -0.39 is 19.6 Å². The molecule has 2 atom stereocenters. The van der Waals surface area contributed by atoms with E-state index >= 15 is 0 Å². The van der Waals surface area contributed by atoms with Gasteiger partial charge in [0.1, 0.15) is 9.74 Å². The quantitative estimate of drug-likeness (QED) is 0.759. The lowest BCUT2D eigenvalue weighted by atomic mass is 10.1. The lowest BCUT2D eigenvalue weighted by Crippen LogP contribution is -2.60. The number of hydrogen-bond donors (Lipinski definition) is 2. The highest BCUT2D eigenvalue weighted by Crippen LogP contribution is 2.33. The van der Waals surface area contributed by atoms with Crippen molar-refractivity contribution < 1.29 is 8.42 Å². The first-order valence-electron chi connectivity index (χ1n) is 5.42. The summed E-state index contributed by atoms with van der Waals surface area (Å²) in [4.78, 5) is -2.82. The molecule has 0 spiro atoms. The molecule has 4 nitrogen and oxygen atoms in total. The van der Waals surface area contributed by atoms with Crippen LogP contribution in [-0.4, -0.2) is 18.2 Å². The zero-order valence-corrected chi connectivity index (χ0v) is 10.2. The monoisotopic (exact) mass is 252 g/mol. The van der Waals surface area contributed by atoms with Crippen LogP contribution >= 0.6 is 0 Å². The molecule has 0 saturated carbocycles. The second kappa shape index (κ2) is 3.94. The molecular weight excluding hydrogens is 236 g/mol. The molecule has 92 valence electrons. The van der Waals surface area contributed by atoms with E-state index in [1.165, 1.54) is 12.2 Å². The molecule has 0 heterocycles. The summed E-state index contributed by atoms with van der Waals surface area (Å²) < 4.78 is 25.1. The largest absolute Gasteiger partial charge is 0.309 e. The first-order valence-corrected chi connectivity index (χ1v) is 6.90. The molecule has 0 aromatic carbocycles. The first kappa shape index (κ1) is 12.3. The summed E-state index contributed by atoms with van der Waals surface area (Å²) in [6, 6.07) is 0. The van der Waals surface area contributed by atoms with Crippen molar-refractivity contribution in [3.8, 4) is 0 Å². The van der Waals surface area contributed by atoms with E-state index in [1.54, 1.807) is 36.5 Å². The molecule has 0 aliphatic heterocycles. The number of hydrogen-bond acceptors (Lipinski definition) is 4. The lowest BCUT2D eigenvalue weighted by molar-refractivity contribution is 0.517. The van der Waals surface area contributed by atoms with Gasteiger partial charge in [0.2, 0.25) is 0 Å². The molecule has 17 heavy (non-hydrogen) atoms. The van der Waals surface area contributed by atoms with Crippen LogP contribution in [-0.2, 0) is 9.84 Å². The minimum atomic E-state index is -3.70. The summed E-state index contributed by atoms with van der Waals surface area (Å²) in [6.45, 7) is 0. The van der Waals surface area contributed by atoms with Crippen molar-refractivity contribution in [1.29, 1.82) is 0 Å². The Hall–Kier alpha value is -1.17. The Bertz CT molecular complexity index is 489. The summed E-state index contributed by atoms with van der Waals surface area (Å²) in [6.07, 6.45) is 13.8. The van der Waals surface area contributed by atoms with Gasteiger partial charge in [-0.1, -0.05) is 36.5 Å².